The molecule has 0 aromatic heterocycles. The average molecular weight is 485 g/mol. The minimum absolute atomic E-state index is 0.164. The zero-order chi connectivity index (χ0) is 25.5. The number of nitrogens with one attached hydrogen (secondary N) is 1. The number of rotatable bonds is 8. The Morgan fingerprint density at radius 3 is 2.08 bits per heavy atom. The first-order chi connectivity index (χ1) is 17.4. The highest BCUT2D eigenvalue weighted by molar-refractivity contribution is 6.06. The maximum atomic E-state index is 13.8. The predicted octanol–water partition coefficient (Wildman–Crippen LogP) is 5.98. The summed E-state index contributed by atoms with van der Waals surface area (Å²) >= 11 is 0. The zero-order valence-corrected chi connectivity index (χ0v) is 19.9. The van der Waals surface area contributed by atoms with Crippen LogP contribution in [0.3, 0.4) is 0 Å². The molecule has 0 aliphatic heterocycles. The molecule has 4 rings (SSSR count). The van der Waals surface area contributed by atoms with Gasteiger partial charge < -0.3 is 10.2 Å². The van der Waals surface area contributed by atoms with Gasteiger partial charge in [-0.3, -0.25) is 9.59 Å². The van der Waals surface area contributed by atoms with Crippen LogP contribution in [0.2, 0.25) is 0 Å². The Kier molecular flexibility index (Phi) is 7.85. The maximum Gasteiger partial charge on any atom is 0.258 e. The largest absolute Gasteiger partial charge is 0.352 e. The molecule has 0 aliphatic carbocycles. The zero-order valence-electron chi connectivity index (χ0n) is 19.9. The van der Waals surface area contributed by atoms with E-state index in [1.807, 2.05) is 19.1 Å². The number of benzene rings is 4. The van der Waals surface area contributed by atoms with Crippen molar-refractivity contribution in [1.29, 1.82) is 0 Å². The minimum Gasteiger partial charge on any atom is -0.352 e. The summed E-state index contributed by atoms with van der Waals surface area (Å²) in [4.78, 5) is 27.4. The molecule has 0 unspecified atom stereocenters. The molecule has 6 heteroatoms. The quantitative estimate of drug-likeness (QED) is 0.335. The molecular formula is C30H26F2N2O2. The van der Waals surface area contributed by atoms with E-state index < -0.39 is 0 Å². The lowest BCUT2D eigenvalue weighted by atomic mass is 10.1. The summed E-state index contributed by atoms with van der Waals surface area (Å²) in [5.41, 5.74) is 4.47. The Labute approximate surface area is 209 Å². The van der Waals surface area contributed by atoms with Gasteiger partial charge in [0.1, 0.15) is 11.6 Å². The lowest BCUT2D eigenvalue weighted by molar-refractivity contribution is -0.120. The second-order valence-corrected chi connectivity index (χ2v) is 8.63. The van der Waals surface area contributed by atoms with Crippen molar-refractivity contribution in [3.05, 3.63) is 137 Å². The number of hydrogen-bond donors (Lipinski definition) is 1. The van der Waals surface area contributed by atoms with Crippen LogP contribution < -0.4 is 10.2 Å². The highest BCUT2D eigenvalue weighted by atomic mass is 19.1. The Morgan fingerprint density at radius 2 is 1.42 bits per heavy atom. The van der Waals surface area contributed by atoms with Gasteiger partial charge in [0.05, 0.1) is 13.0 Å². The molecule has 4 aromatic carbocycles. The monoisotopic (exact) mass is 484 g/mol. The molecule has 1 N–H and O–H groups in total. The Hall–Kier alpha value is -4.32. The van der Waals surface area contributed by atoms with Crippen molar-refractivity contribution in [2.75, 3.05) is 4.90 Å². The molecule has 182 valence electrons. The molecule has 0 saturated heterocycles. The SMILES string of the molecule is Cc1ccc(C(=O)N(Cc2cccc(F)c2)c2ccc(CC(=O)NCc3ccc(F)cc3)cc2)cc1. The first-order valence-electron chi connectivity index (χ1n) is 11.6. The topological polar surface area (TPSA) is 49.4 Å². The van der Waals surface area contributed by atoms with E-state index >= 15 is 0 Å². The standard InChI is InChI=1S/C30H26F2N2O2/c1-21-5-11-25(12-6-21)30(36)34(20-24-3-2-4-27(32)17-24)28-15-9-22(10-16-28)18-29(35)33-19-23-7-13-26(31)14-8-23/h2-17H,18-20H2,1H3,(H,33,35). The third kappa shape index (κ3) is 6.63. The smallest absolute Gasteiger partial charge is 0.258 e. The number of nitrogens with zero attached hydrogens (tertiary/aromatic N) is 1. The van der Waals surface area contributed by atoms with Gasteiger partial charge in [0.25, 0.3) is 5.91 Å². The van der Waals surface area contributed by atoms with Gasteiger partial charge in [0.15, 0.2) is 0 Å². The average Bonchev–Trinajstić information content (AvgIpc) is 2.88. The molecular weight excluding hydrogens is 458 g/mol. The normalized spacial score (nSPS) is 10.6. The third-order valence-corrected chi connectivity index (χ3v) is 5.79. The molecule has 0 saturated carbocycles. The van der Waals surface area contributed by atoms with Crippen LogP contribution in [0, 0.1) is 18.6 Å². The second-order valence-electron chi connectivity index (χ2n) is 8.63. The molecule has 2 amide bonds. The van der Waals surface area contributed by atoms with Crippen molar-refractivity contribution in [1.82, 2.24) is 5.32 Å². The van der Waals surface area contributed by atoms with Crippen molar-refractivity contribution in [3.8, 4) is 0 Å². The maximum absolute atomic E-state index is 13.8. The lowest BCUT2D eigenvalue weighted by Gasteiger charge is -2.24. The fraction of sp³-hybridized carbons (Fsp3) is 0.133. The molecule has 0 spiro atoms. The van der Waals surface area contributed by atoms with Crippen LogP contribution in [-0.2, 0) is 24.3 Å². The molecule has 4 aromatic rings. The highest BCUT2D eigenvalue weighted by Gasteiger charge is 2.19. The van der Waals surface area contributed by atoms with Gasteiger partial charge in [-0.05, 0) is 72.1 Å². The van der Waals surface area contributed by atoms with E-state index in [0.29, 0.717) is 23.4 Å². The molecule has 0 aliphatic rings. The van der Waals surface area contributed by atoms with Crippen LogP contribution >= 0.6 is 0 Å². The van der Waals surface area contributed by atoms with Crippen molar-refractivity contribution < 1.29 is 18.4 Å². The van der Waals surface area contributed by atoms with Gasteiger partial charge in [-0.2, -0.15) is 0 Å². The number of aryl methyl sites for hydroxylation is 1. The fourth-order valence-electron chi connectivity index (χ4n) is 3.79. The van der Waals surface area contributed by atoms with Gasteiger partial charge in [0, 0.05) is 17.8 Å². The Balaban J connectivity index is 1.48. The van der Waals surface area contributed by atoms with Crippen molar-refractivity contribution in [2.24, 2.45) is 0 Å². The van der Waals surface area contributed by atoms with Crippen LogP contribution in [0.1, 0.15) is 32.6 Å². The van der Waals surface area contributed by atoms with Crippen LogP contribution in [0.15, 0.2) is 97.1 Å². The van der Waals surface area contributed by atoms with Crippen molar-refractivity contribution >= 4 is 17.5 Å². The number of anilines is 1. The predicted molar refractivity (Wildman–Crippen MR) is 136 cm³/mol. The van der Waals surface area contributed by atoms with Crippen molar-refractivity contribution in [2.45, 2.75) is 26.4 Å². The van der Waals surface area contributed by atoms with Gasteiger partial charge in [-0.25, -0.2) is 8.78 Å². The van der Waals surface area contributed by atoms with E-state index in [2.05, 4.69) is 5.32 Å². The summed E-state index contributed by atoms with van der Waals surface area (Å²) in [6.07, 6.45) is 0.164. The van der Waals surface area contributed by atoms with Crippen LogP contribution in [0.25, 0.3) is 0 Å². The highest BCUT2D eigenvalue weighted by Crippen LogP contribution is 2.22. The summed E-state index contributed by atoms with van der Waals surface area (Å²) in [5.74, 6) is -1.06. The summed E-state index contributed by atoms with van der Waals surface area (Å²) < 4.78 is 26.8. The summed E-state index contributed by atoms with van der Waals surface area (Å²) in [6.45, 7) is 2.46. The van der Waals surface area contributed by atoms with Gasteiger partial charge in [0.2, 0.25) is 5.91 Å². The number of amides is 2. The number of hydrogen-bond acceptors (Lipinski definition) is 2. The van der Waals surface area contributed by atoms with E-state index in [9.17, 15) is 18.4 Å². The van der Waals surface area contributed by atoms with Crippen molar-refractivity contribution in [3.63, 3.8) is 0 Å². The van der Waals surface area contributed by atoms with Gasteiger partial charge in [-0.1, -0.05) is 54.1 Å². The molecule has 0 bridgehead atoms. The fourth-order valence-corrected chi connectivity index (χ4v) is 3.79. The Bertz CT molecular complexity index is 1340. The van der Waals surface area contributed by atoms with E-state index in [-0.39, 0.29) is 36.4 Å². The summed E-state index contributed by atoms with van der Waals surface area (Å²) in [7, 11) is 0. The Morgan fingerprint density at radius 1 is 0.750 bits per heavy atom. The van der Waals surface area contributed by atoms with Crippen LogP contribution in [-0.4, -0.2) is 11.8 Å². The third-order valence-electron chi connectivity index (χ3n) is 5.79. The van der Waals surface area contributed by atoms with Crippen LogP contribution in [0.4, 0.5) is 14.5 Å². The van der Waals surface area contributed by atoms with E-state index in [4.69, 9.17) is 0 Å². The second kappa shape index (κ2) is 11.4. The molecule has 0 heterocycles. The summed E-state index contributed by atoms with van der Waals surface area (Å²) in [5, 5.41) is 2.83. The number of carbonyl (C=O) groups excluding carboxylic acids is 2. The lowest BCUT2D eigenvalue weighted by Crippen LogP contribution is -2.30. The summed E-state index contributed by atoms with van der Waals surface area (Å²) in [6, 6.07) is 26.6. The first kappa shape index (κ1) is 24.8. The number of carbonyl (C=O) groups is 2. The number of halogens is 2. The minimum atomic E-state index is -0.364. The van der Waals surface area contributed by atoms with Gasteiger partial charge >= 0.3 is 0 Å². The molecule has 4 nitrogen and oxygen atoms in total. The van der Waals surface area contributed by atoms with E-state index in [1.54, 1.807) is 65.6 Å². The molecule has 0 atom stereocenters. The van der Waals surface area contributed by atoms with E-state index in [0.717, 1.165) is 16.7 Å². The molecule has 36 heavy (non-hydrogen) atoms. The molecule has 0 radical (unpaired) electrons. The van der Waals surface area contributed by atoms with Crippen LogP contribution in [0.5, 0.6) is 0 Å². The van der Waals surface area contributed by atoms with Gasteiger partial charge in [-0.15, -0.1) is 0 Å². The van der Waals surface area contributed by atoms with E-state index in [1.165, 1.54) is 24.3 Å². The first-order valence-corrected chi connectivity index (χ1v) is 11.6. The molecule has 0 fully saturated rings.